The van der Waals surface area contributed by atoms with Gasteiger partial charge in [0.25, 0.3) is 0 Å². The van der Waals surface area contributed by atoms with Crippen LogP contribution in [0.1, 0.15) is 13.3 Å². The molecule has 0 aromatic carbocycles. The number of carboxylic acid groups (broad SMARTS) is 1. The number of nitrogens with zero attached hydrogens (tertiary/aromatic N) is 1. The largest absolute Gasteiger partial charge is 0.465 e. The van der Waals surface area contributed by atoms with Crippen molar-refractivity contribution in [2.75, 3.05) is 19.7 Å². The summed E-state index contributed by atoms with van der Waals surface area (Å²) < 4.78 is 4.68. The van der Waals surface area contributed by atoms with E-state index in [-0.39, 0.29) is 6.04 Å². The van der Waals surface area contributed by atoms with Crippen molar-refractivity contribution in [1.29, 1.82) is 0 Å². The van der Waals surface area contributed by atoms with Gasteiger partial charge in [0.2, 0.25) is 0 Å². The maximum Gasteiger partial charge on any atom is 0.407 e. The normalized spacial score (nSPS) is 20.6. The Hall–Kier alpha value is -1.46. The average Bonchev–Trinajstić information content (AvgIpc) is 2.53. The molecule has 1 atom stereocenters. The van der Waals surface area contributed by atoms with Crippen LogP contribution in [0.4, 0.5) is 9.59 Å². The molecule has 0 unspecified atom stereocenters. The molecule has 6 nitrogen and oxygen atoms in total. The number of carbonyl (C=O) groups is 2. The van der Waals surface area contributed by atoms with Crippen molar-refractivity contribution < 1.29 is 19.4 Å². The minimum atomic E-state index is -0.946. The van der Waals surface area contributed by atoms with Gasteiger partial charge in [-0.1, -0.05) is 0 Å². The van der Waals surface area contributed by atoms with Gasteiger partial charge in [-0.3, -0.25) is 0 Å². The van der Waals surface area contributed by atoms with Crippen LogP contribution in [-0.2, 0) is 4.74 Å². The Balaban J connectivity index is 2.28. The van der Waals surface area contributed by atoms with Crippen molar-refractivity contribution in [2.45, 2.75) is 19.4 Å². The first-order valence-electron chi connectivity index (χ1n) is 4.54. The lowest BCUT2D eigenvalue weighted by Crippen LogP contribution is -2.38. The minimum absolute atomic E-state index is 0.120. The lowest BCUT2D eigenvalue weighted by atomic mass is 10.3. The number of hydrogen-bond donors (Lipinski definition) is 2. The van der Waals surface area contributed by atoms with E-state index in [2.05, 4.69) is 10.1 Å². The maximum atomic E-state index is 11.0. The summed E-state index contributed by atoms with van der Waals surface area (Å²) >= 11 is 0. The maximum absolute atomic E-state index is 11.0. The van der Waals surface area contributed by atoms with Crippen LogP contribution in [0.2, 0.25) is 0 Å². The molecule has 14 heavy (non-hydrogen) atoms. The Morgan fingerprint density at radius 1 is 1.64 bits per heavy atom. The zero-order valence-electron chi connectivity index (χ0n) is 8.02. The Kier molecular flexibility index (Phi) is 3.55. The van der Waals surface area contributed by atoms with Crippen LogP contribution in [0, 0.1) is 0 Å². The van der Waals surface area contributed by atoms with Crippen molar-refractivity contribution in [3.05, 3.63) is 0 Å². The number of carbonyl (C=O) groups excluding carboxylic acids is 1. The van der Waals surface area contributed by atoms with Gasteiger partial charge < -0.3 is 20.1 Å². The number of nitrogens with one attached hydrogen (secondary N) is 1. The fourth-order valence-corrected chi connectivity index (χ4v) is 1.39. The third-order valence-corrected chi connectivity index (χ3v) is 2.06. The first-order chi connectivity index (χ1) is 6.63. The Morgan fingerprint density at radius 2 is 2.36 bits per heavy atom. The molecule has 2 N–H and O–H groups in total. The van der Waals surface area contributed by atoms with Crippen LogP contribution in [-0.4, -0.2) is 47.9 Å². The lowest BCUT2D eigenvalue weighted by Gasteiger charge is -2.13. The third-order valence-electron chi connectivity index (χ3n) is 2.06. The molecule has 0 aliphatic carbocycles. The first kappa shape index (κ1) is 10.6. The lowest BCUT2D eigenvalue weighted by molar-refractivity contribution is 0.144. The molecule has 1 aliphatic rings. The fourth-order valence-electron chi connectivity index (χ4n) is 1.39. The van der Waals surface area contributed by atoms with E-state index in [4.69, 9.17) is 5.11 Å². The van der Waals surface area contributed by atoms with E-state index in [1.54, 1.807) is 6.92 Å². The highest BCUT2D eigenvalue weighted by Crippen LogP contribution is 2.08. The van der Waals surface area contributed by atoms with Gasteiger partial charge in [-0.15, -0.1) is 0 Å². The van der Waals surface area contributed by atoms with Crippen LogP contribution in [0.25, 0.3) is 0 Å². The smallest absolute Gasteiger partial charge is 0.407 e. The van der Waals surface area contributed by atoms with E-state index in [9.17, 15) is 9.59 Å². The van der Waals surface area contributed by atoms with Gasteiger partial charge in [0.15, 0.2) is 0 Å². The van der Waals surface area contributed by atoms with E-state index in [1.165, 1.54) is 4.90 Å². The second kappa shape index (κ2) is 4.69. The molecular formula is C8H14N2O4. The van der Waals surface area contributed by atoms with Gasteiger partial charge in [0, 0.05) is 13.1 Å². The van der Waals surface area contributed by atoms with E-state index in [0.29, 0.717) is 26.1 Å². The summed E-state index contributed by atoms with van der Waals surface area (Å²) in [4.78, 5) is 22.8. The first-order valence-corrected chi connectivity index (χ1v) is 4.54. The number of likely N-dealkylation sites (tertiary alicyclic amines) is 1. The molecule has 80 valence electrons. The van der Waals surface area contributed by atoms with E-state index >= 15 is 0 Å². The van der Waals surface area contributed by atoms with Crippen molar-refractivity contribution in [2.24, 2.45) is 0 Å². The fraction of sp³-hybridized carbons (Fsp3) is 0.750. The van der Waals surface area contributed by atoms with Crippen molar-refractivity contribution in [3.63, 3.8) is 0 Å². The van der Waals surface area contributed by atoms with Gasteiger partial charge in [0.05, 0.1) is 12.6 Å². The third kappa shape index (κ3) is 2.79. The van der Waals surface area contributed by atoms with Crippen molar-refractivity contribution in [3.8, 4) is 0 Å². The van der Waals surface area contributed by atoms with E-state index < -0.39 is 12.2 Å². The van der Waals surface area contributed by atoms with Crippen LogP contribution in [0.15, 0.2) is 0 Å². The molecule has 2 amide bonds. The predicted octanol–water partition coefficient (Wildman–Crippen LogP) is 0.485. The molecule has 1 heterocycles. The van der Waals surface area contributed by atoms with Gasteiger partial charge >= 0.3 is 12.2 Å². The van der Waals surface area contributed by atoms with Crippen LogP contribution in [0.5, 0.6) is 0 Å². The number of ether oxygens (including phenoxy) is 1. The minimum Gasteiger partial charge on any atom is -0.465 e. The summed E-state index contributed by atoms with van der Waals surface area (Å²) in [6.45, 7) is 2.85. The highest BCUT2D eigenvalue weighted by molar-refractivity contribution is 5.68. The topological polar surface area (TPSA) is 78.9 Å². The number of alkyl carbamates (subject to hydrolysis) is 1. The molecule has 0 bridgehead atoms. The van der Waals surface area contributed by atoms with Crippen molar-refractivity contribution >= 4 is 12.2 Å². The molecule has 1 fully saturated rings. The second-order valence-electron chi connectivity index (χ2n) is 3.08. The summed E-state index contributed by atoms with van der Waals surface area (Å²) in [5, 5.41) is 11.2. The predicted molar refractivity (Wildman–Crippen MR) is 48.2 cm³/mol. The highest BCUT2D eigenvalue weighted by atomic mass is 16.5. The molecule has 1 aliphatic heterocycles. The monoisotopic (exact) mass is 202 g/mol. The number of rotatable bonds is 2. The molecule has 0 saturated carbocycles. The highest BCUT2D eigenvalue weighted by Gasteiger charge is 2.26. The number of amides is 2. The molecule has 1 rings (SSSR count). The molecule has 0 aromatic rings. The van der Waals surface area contributed by atoms with Gasteiger partial charge in [-0.2, -0.15) is 0 Å². The second-order valence-corrected chi connectivity index (χ2v) is 3.08. The molecule has 1 saturated heterocycles. The average molecular weight is 202 g/mol. The summed E-state index contributed by atoms with van der Waals surface area (Å²) in [6, 6.07) is -0.120. The van der Waals surface area contributed by atoms with E-state index in [1.807, 2.05) is 0 Å². The Morgan fingerprint density at radius 3 is 2.86 bits per heavy atom. The Bertz CT molecular complexity index is 231. The summed E-state index contributed by atoms with van der Waals surface area (Å²) in [6.07, 6.45) is -0.784. The zero-order valence-corrected chi connectivity index (χ0v) is 8.02. The van der Waals surface area contributed by atoms with Crippen LogP contribution >= 0.6 is 0 Å². The Labute approximate surface area is 81.8 Å². The zero-order chi connectivity index (χ0) is 10.6. The molecular weight excluding hydrogens is 188 g/mol. The quantitative estimate of drug-likeness (QED) is 0.682. The molecule has 0 aromatic heterocycles. The van der Waals surface area contributed by atoms with Crippen LogP contribution in [0.3, 0.4) is 0 Å². The summed E-state index contributed by atoms with van der Waals surface area (Å²) in [5.74, 6) is 0. The van der Waals surface area contributed by atoms with Crippen molar-refractivity contribution in [1.82, 2.24) is 10.2 Å². The van der Waals surface area contributed by atoms with Gasteiger partial charge in [-0.05, 0) is 13.3 Å². The van der Waals surface area contributed by atoms with E-state index in [0.717, 1.165) is 0 Å². The number of hydrogen-bond acceptors (Lipinski definition) is 3. The summed E-state index contributed by atoms with van der Waals surface area (Å²) in [5.41, 5.74) is 0. The molecule has 0 radical (unpaired) electrons. The van der Waals surface area contributed by atoms with Crippen LogP contribution < -0.4 is 5.32 Å². The standard InChI is InChI=1S/C8H14N2O4/c1-2-14-7(11)9-6-3-4-10(5-6)8(12)13/h6H,2-5H2,1H3,(H,9,11)(H,12,13)/t6-/m1/s1. The SMILES string of the molecule is CCOC(=O)N[C@@H]1CCN(C(=O)O)C1. The van der Waals surface area contributed by atoms with Gasteiger partial charge in [-0.25, -0.2) is 9.59 Å². The van der Waals surface area contributed by atoms with Gasteiger partial charge in [0.1, 0.15) is 0 Å². The molecule has 0 spiro atoms. The molecule has 6 heteroatoms. The summed E-state index contributed by atoms with van der Waals surface area (Å²) in [7, 11) is 0.